The molecule has 2 heteroatoms. The number of ether oxygens (including phenoxy) is 1. The van der Waals surface area contributed by atoms with Crippen LogP contribution in [0.5, 0.6) is 5.75 Å². The van der Waals surface area contributed by atoms with E-state index in [0.717, 1.165) is 18.6 Å². The quantitative estimate of drug-likeness (QED) is 0.744. The number of aliphatic hydroxyl groups is 1. The lowest BCUT2D eigenvalue weighted by Crippen LogP contribution is -2.11. The molecular formula is C14H18O2. The van der Waals surface area contributed by atoms with E-state index in [4.69, 9.17) is 4.74 Å². The largest absolute Gasteiger partial charge is 0.493 e. The molecule has 0 aliphatic carbocycles. The third kappa shape index (κ3) is 5.43. The molecule has 86 valence electrons. The Morgan fingerprint density at radius 2 is 2.00 bits per heavy atom. The minimum atomic E-state index is -0.315. The molecule has 0 bridgehead atoms. The minimum absolute atomic E-state index is 0.315. The summed E-state index contributed by atoms with van der Waals surface area (Å²) in [6, 6.07) is 9.64. The zero-order valence-electron chi connectivity index (χ0n) is 9.65. The molecule has 0 fully saturated rings. The van der Waals surface area contributed by atoms with E-state index in [1.807, 2.05) is 37.3 Å². The van der Waals surface area contributed by atoms with Crippen molar-refractivity contribution in [1.29, 1.82) is 0 Å². The monoisotopic (exact) mass is 218 g/mol. The van der Waals surface area contributed by atoms with Gasteiger partial charge in [0.2, 0.25) is 0 Å². The van der Waals surface area contributed by atoms with Crippen molar-refractivity contribution in [3.05, 3.63) is 30.3 Å². The summed E-state index contributed by atoms with van der Waals surface area (Å²) in [5.74, 6) is 6.60. The Labute approximate surface area is 97.3 Å². The highest BCUT2D eigenvalue weighted by molar-refractivity contribution is 5.20. The average molecular weight is 218 g/mol. The second-order valence-electron chi connectivity index (χ2n) is 3.57. The maximum Gasteiger partial charge on any atom is 0.119 e. The lowest BCUT2D eigenvalue weighted by atomic mass is 10.1. The van der Waals surface area contributed by atoms with Crippen LogP contribution in [0.4, 0.5) is 0 Å². The van der Waals surface area contributed by atoms with Crippen LogP contribution in [-0.4, -0.2) is 17.8 Å². The van der Waals surface area contributed by atoms with E-state index in [2.05, 4.69) is 11.8 Å². The first-order chi connectivity index (χ1) is 7.83. The fraction of sp³-hybridized carbons (Fsp3) is 0.429. The van der Waals surface area contributed by atoms with Crippen molar-refractivity contribution in [3.8, 4) is 17.6 Å². The van der Waals surface area contributed by atoms with Crippen LogP contribution in [0.2, 0.25) is 0 Å². The molecule has 1 aromatic rings. The van der Waals surface area contributed by atoms with Crippen molar-refractivity contribution in [2.75, 3.05) is 6.61 Å². The van der Waals surface area contributed by atoms with E-state index >= 15 is 0 Å². The number of para-hydroxylation sites is 1. The van der Waals surface area contributed by atoms with Gasteiger partial charge in [0.25, 0.3) is 0 Å². The van der Waals surface area contributed by atoms with E-state index in [0.29, 0.717) is 13.0 Å². The number of aliphatic hydroxyl groups excluding tert-OH is 1. The van der Waals surface area contributed by atoms with E-state index in [-0.39, 0.29) is 6.10 Å². The standard InChI is InChI=1S/C14H18O2/c1-2-3-5-8-13(15)11-12-16-14-9-6-4-7-10-14/h4,6-7,9-10,13,15H,5,8,11-12H2,1H3. The Morgan fingerprint density at radius 3 is 2.69 bits per heavy atom. The molecule has 1 atom stereocenters. The second kappa shape index (κ2) is 7.78. The summed E-state index contributed by atoms with van der Waals surface area (Å²) >= 11 is 0. The van der Waals surface area contributed by atoms with Gasteiger partial charge in [-0.05, 0) is 25.5 Å². The first-order valence-electron chi connectivity index (χ1n) is 5.58. The molecule has 1 unspecified atom stereocenters. The molecule has 0 heterocycles. The summed E-state index contributed by atoms with van der Waals surface area (Å²) in [7, 11) is 0. The van der Waals surface area contributed by atoms with Crippen LogP contribution >= 0.6 is 0 Å². The molecule has 16 heavy (non-hydrogen) atoms. The molecule has 2 nitrogen and oxygen atoms in total. The summed E-state index contributed by atoms with van der Waals surface area (Å²) in [5, 5.41) is 9.61. The Balaban J connectivity index is 2.12. The number of benzene rings is 1. The van der Waals surface area contributed by atoms with Crippen LogP contribution in [0.1, 0.15) is 26.2 Å². The van der Waals surface area contributed by atoms with Crippen molar-refractivity contribution in [1.82, 2.24) is 0 Å². The Kier molecular flexibility index (Phi) is 6.13. The molecule has 0 aliphatic heterocycles. The highest BCUT2D eigenvalue weighted by Crippen LogP contribution is 2.09. The topological polar surface area (TPSA) is 29.5 Å². The summed E-state index contributed by atoms with van der Waals surface area (Å²) in [6.07, 6.45) is 1.81. The van der Waals surface area contributed by atoms with Gasteiger partial charge in [-0.15, -0.1) is 11.8 Å². The second-order valence-corrected chi connectivity index (χ2v) is 3.57. The van der Waals surface area contributed by atoms with Crippen molar-refractivity contribution < 1.29 is 9.84 Å². The molecule has 0 radical (unpaired) electrons. The summed E-state index contributed by atoms with van der Waals surface area (Å²) < 4.78 is 5.49. The minimum Gasteiger partial charge on any atom is -0.493 e. The van der Waals surface area contributed by atoms with Crippen LogP contribution < -0.4 is 4.74 Å². The molecule has 0 aliphatic rings. The molecule has 0 aromatic heterocycles. The molecule has 1 aromatic carbocycles. The van der Waals surface area contributed by atoms with Crippen molar-refractivity contribution in [2.45, 2.75) is 32.3 Å². The Morgan fingerprint density at radius 1 is 1.25 bits per heavy atom. The van der Waals surface area contributed by atoms with Gasteiger partial charge >= 0.3 is 0 Å². The number of hydrogen-bond acceptors (Lipinski definition) is 2. The summed E-state index contributed by atoms with van der Waals surface area (Å²) in [6.45, 7) is 2.36. The van der Waals surface area contributed by atoms with E-state index in [9.17, 15) is 5.11 Å². The Hall–Kier alpha value is -1.46. The summed E-state index contributed by atoms with van der Waals surface area (Å²) in [4.78, 5) is 0. The van der Waals surface area contributed by atoms with Crippen LogP contribution in [0, 0.1) is 11.8 Å². The van der Waals surface area contributed by atoms with Crippen molar-refractivity contribution in [3.63, 3.8) is 0 Å². The van der Waals surface area contributed by atoms with Gasteiger partial charge in [-0.2, -0.15) is 0 Å². The SMILES string of the molecule is CC#CCCC(O)CCOc1ccccc1. The first-order valence-corrected chi connectivity index (χ1v) is 5.58. The van der Waals surface area contributed by atoms with Gasteiger partial charge in [0.15, 0.2) is 0 Å². The molecule has 0 spiro atoms. The third-order valence-electron chi connectivity index (χ3n) is 2.24. The first kappa shape index (κ1) is 12.6. The fourth-order valence-corrected chi connectivity index (χ4v) is 1.34. The van der Waals surface area contributed by atoms with Gasteiger partial charge in [0, 0.05) is 12.8 Å². The summed E-state index contributed by atoms with van der Waals surface area (Å²) in [5.41, 5.74) is 0. The van der Waals surface area contributed by atoms with Gasteiger partial charge in [-0.3, -0.25) is 0 Å². The van der Waals surface area contributed by atoms with Crippen molar-refractivity contribution in [2.24, 2.45) is 0 Å². The highest BCUT2D eigenvalue weighted by Gasteiger charge is 2.03. The molecule has 1 rings (SSSR count). The normalized spacial score (nSPS) is 11.4. The van der Waals surface area contributed by atoms with Gasteiger partial charge in [0.05, 0.1) is 12.7 Å². The van der Waals surface area contributed by atoms with E-state index in [1.54, 1.807) is 0 Å². The third-order valence-corrected chi connectivity index (χ3v) is 2.24. The van der Waals surface area contributed by atoms with Crippen LogP contribution in [0.15, 0.2) is 30.3 Å². The van der Waals surface area contributed by atoms with Gasteiger partial charge in [-0.1, -0.05) is 18.2 Å². The molecule has 1 N–H and O–H groups in total. The van der Waals surface area contributed by atoms with Crippen LogP contribution in [0.25, 0.3) is 0 Å². The van der Waals surface area contributed by atoms with E-state index < -0.39 is 0 Å². The van der Waals surface area contributed by atoms with Crippen molar-refractivity contribution >= 4 is 0 Å². The van der Waals surface area contributed by atoms with Gasteiger partial charge in [-0.25, -0.2) is 0 Å². The molecule has 0 saturated heterocycles. The lowest BCUT2D eigenvalue weighted by molar-refractivity contribution is 0.132. The smallest absolute Gasteiger partial charge is 0.119 e. The van der Waals surface area contributed by atoms with E-state index in [1.165, 1.54) is 0 Å². The highest BCUT2D eigenvalue weighted by atomic mass is 16.5. The molecular weight excluding hydrogens is 200 g/mol. The maximum atomic E-state index is 9.61. The predicted octanol–water partition coefficient (Wildman–Crippen LogP) is 2.62. The molecule has 0 saturated carbocycles. The average Bonchev–Trinajstić information content (AvgIpc) is 2.31. The van der Waals surface area contributed by atoms with Crippen LogP contribution in [-0.2, 0) is 0 Å². The van der Waals surface area contributed by atoms with Gasteiger partial charge in [0.1, 0.15) is 5.75 Å². The maximum absolute atomic E-state index is 9.61. The number of rotatable bonds is 6. The zero-order valence-corrected chi connectivity index (χ0v) is 9.65. The fourth-order valence-electron chi connectivity index (χ4n) is 1.34. The predicted molar refractivity (Wildman–Crippen MR) is 65.2 cm³/mol. The Bertz CT molecular complexity index is 335. The lowest BCUT2D eigenvalue weighted by Gasteiger charge is -2.10. The number of hydrogen-bond donors (Lipinski definition) is 1. The molecule has 0 amide bonds. The van der Waals surface area contributed by atoms with Crippen LogP contribution in [0.3, 0.4) is 0 Å². The zero-order chi connectivity index (χ0) is 11.6. The van der Waals surface area contributed by atoms with Gasteiger partial charge < -0.3 is 9.84 Å².